The first-order valence-electron chi connectivity index (χ1n) is 6.05. The van der Waals surface area contributed by atoms with Gasteiger partial charge in [0.05, 0.1) is 6.04 Å². The van der Waals surface area contributed by atoms with Crippen LogP contribution in [0.4, 0.5) is 5.82 Å². The van der Waals surface area contributed by atoms with E-state index in [4.69, 9.17) is 11.6 Å². The summed E-state index contributed by atoms with van der Waals surface area (Å²) < 4.78 is 23.5. The zero-order chi connectivity index (χ0) is 14.6. The Bertz CT molecular complexity index is 675. The zero-order valence-corrected chi connectivity index (χ0v) is 12.5. The van der Waals surface area contributed by atoms with Crippen LogP contribution in [0.5, 0.6) is 0 Å². The number of halogens is 1. The lowest BCUT2D eigenvalue weighted by Crippen LogP contribution is -2.15. The summed E-state index contributed by atoms with van der Waals surface area (Å²) in [5.41, 5.74) is 0.979. The molecule has 0 spiro atoms. The molecule has 0 aliphatic heterocycles. The number of rotatable bonds is 5. The molecule has 0 radical (unpaired) electrons. The van der Waals surface area contributed by atoms with Gasteiger partial charge in [-0.2, -0.15) is 0 Å². The molecule has 1 aromatic carbocycles. The van der Waals surface area contributed by atoms with E-state index in [2.05, 4.69) is 10.3 Å². The fourth-order valence-electron chi connectivity index (χ4n) is 1.86. The van der Waals surface area contributed by atoms with E-state index in [0.717, 1.165) is 11.8 Å². The minimum absolute atomic E-state index is 0.172. The van der Waals surface area contributed by atoms with E-state index in [1.54, 1.807) is 12.3 Å². The van der Waals surface area contributed by atoms with Crippen molar-refractivity contribution in [2.45, 2.75) is 10.9 Å². The highest BCUT2D eigenvalue weighted by atomic mass is 35.5. The minimum atomic E-state index is -3.34. The molecule has 1 aromatic heterocycles. The third kappa shape index (κ3) is 3.49. The molecule has 20 heavy (non-hydrogen) atoms. The van der Waals surface area contributed by atoms with Crippen LogP contribution in [0.1, 0.15) is 11.6 Å². The van der Waals surface area contributed by atoms with E-state index >= 15 is 0 Å². The van der Waals surface area contributed by atoms with Gasteiger partial charge in [-0.05, 0) is 17.7 Å². The Balaban J connectivity index is 2.34. The standard InChI is InChI=1S/C14H15ClN2O2S/c1-20(18,19)13-8-5-9-16-14(13)17-12(10-15)11-6-3-2-4-7-11/h2-9,12H,10H2,1H3,(H,16,17). The van der Waals surface area contributed by atoms with Crippen molar-refractivity contribution < 1.29 is 8.42 Å². The second-order valence-corrected chi connectivity index (χ2v) is 6.68. The van der Waals surface area contributed by atoms with Crippen LogP contribution in [0, 0.1) is 0 Å². The zero-order valence-electron chi connectivity index (χ0n) is 11.0. The van der Waals surface area contributed by atoms with E-state index in [0.29, 0.717) is 11.7 Å². The van der Waals surface area contributed by atoms with Crippen LogP contribution in [-0.4, -0.2) is 25.5 Å². The molecule has 1 unspecified atom stereocenters. The lowest BCUT2D eigenvalue weighted by atomic mass is 10.1. The molecule has 1 heterocycles. The van der Waals surface area contributed by atoms with Crippen LogP contribution < -0.4 is 5.32 Å². The van der Waals surface area contributed by atoms with Gasteiger partial charge in [0.2, 0.25) is 0 Å². The predicted molar refractivity (Wildman–Crippen MR) is 80.9 cm³/mol. The van der Waals surface area contributed by atoms with Crippen LogP contribution in [0.2, 0.25) is 0 Å². The van der Waals surface area contributed by atoms with Gasteiger partial charge in [-0.15, -0.1) is 11.6 Å². The Hall–Kier alpha value is -1.59. The Morgan fingerprint density at radius 1 is 1.20 bits per heavy atom. The maximum Gasteiger partial charge on any atom is 0.179 e. The molecule has 106 valence electrons. The molecule has 4 nitrogen and oxygen atoms in total. The first-order chi connectivity index (χ1) is 9.52. The molecule has 1 N–H and O–H groups in total. The molecule has 1 atom stereocenters. The van der Waals surface area contributed by atoms with Crippen molar-refractivity contribution in [1.29, 1.82) is 0 Å². The van der Waals surface area contributed by atoms with E-state index in [1.807, 2.05) is 30.3 Å². The monoisotopic (exact) mass is 310 g/mol. The summed E-state index contributed by atoms with van der Waals surface area (Å²) in [6.07, 6.45) is 2.71. The van der Waals surface area contributed by atoms with Gasteiger partial charge in [-0.25, -0.2) is 13.4 Å². The molecule has 0 bridgehead atoms. The van der Waals surface area contributed by atoms with Crippen molar-refractivity contribution in [3.8, 4) is 0 Å². The summed E-state index contributed by atoms with van der Waals surface area (Å²) >= 11 is 5.98. The molecule has 6 heteroatoms. The average Bonchev–Trinajstić information content (AvgIpc) is 2.45. The number of nitrogens with one attached hydrogen (secondary N) is 1. The van der Waals surface area contributed by atoms with Crippen molar-refractivity contribution in [3.63, 3.8) is 0 Å². The summed E-state index contributed by atoms with van der Waals surface area (Å²) in [6.45, 7) is 0. The first-order valence-corrected chi connectivity index (χ1v) is 8.47. The Labute approximate surface area is 123 Å². The van der Waals surface area contributed by atoms with Gasteiger partial charge < -0.3 is 5.32 Å². The average molecular weight is 311 g/mol. The summed E-state index contributed by atoms with van der Waals surface area (Å²) in [5.74, 6) is 0.633. The fourth-order valence-corrected chi connectivity index (χ4v) is 2.90. The maximum absolute atomic E-state index is 11.7. The van der Waals surface area contributed by atoms with Gasteiger partial charge in [0.1, 0.15) is 10.7 Å². The number of anilines is 1. The van der Waals surface area contributed by atoms with Crippen LogP contribution in [0.3, 0.4) is 0 Å². The molecular formula is C14H15ClN2O2S. The lowest BCUT2D eigenvalue weighted by Gasteiger charge is -2.18. The van der Waals surface area contributed by atoms with Gasteiger partial charge in [0.15, 0.2) is 9.84 Å². The van der Waals surface area contributed by atoms with Crippen LogP contribution in [0.15, 0.2) is 53.6 Å². The van der Waals surface area contributed by atoms with Gasteiger partial charge in [0.25, 0.3) is 0 Å². The van der Waals surface area contributed by atoms with Crippen molar-refractivity contribution in [2.24, 2.45) is 0 Å². The normalized spacial score (nSPS) is 12.9. The number of pyridine rings is 1. The summed E-state index contributed by atoms with van der Waals surface area (Å²) in [4.78, 5) is 4.28. The Kier molecular flexibility index (Phi) is 4.62. The van der Waals surface area contributed by atoms with E-state index in [-0.39, 0.29) is 10.9 Å². The third-order valence-corrected chi connectivity index (χ3v) is 4.27. The van der Waals surface area contributed by atoms with E-state index in [9.17, 15) is 8.42 Å². The van der Waals surface area contributed by atoms with Gasteiger partial charge in [-0.1, -0.05) is 30.3 Å². The Morgan fingerprint density at radius 2 is 1.90 bits per heavy atom. The molecule has 0 saturated heterocycles. The summed E-state index contributed by atoms with van der Waals surface area (Å²) in [5, 5.41) is 3.10. The lowest BCUT2D eigenvalue weighted by molar-refractivity contribution is 0.601. The minimum Gasteiger partial charge on any atom is -0.361 e. The molecule has 0 fully saturated rings. The van der Waals surface area contributed by atoms with Crippen LogP contribution in [-0.2, 0) is 9.84 Å². The Morgan fingerprint density at radius 3 is 2.50 bits per heavy atom. The number of hydrogen-bond donors (Lipinski definition) is 1. The van der Waals surface area contributed by atoms with Gasteiger partial charge >= 0.3 is 0 Å². The molecular weight excluding hydrogens is 296 g/mol. The maximum atomic E-state index is 11.7. The molecule has 0 amide bonds. The molecule has 2 aromatic rings. The van der Waals surface area contributed by atoms with Crippen molar-refractivity contribution in [3.05, 3.63) is 54.2 Å². The number of hydrogen-bond acceptors (Lipinski definition) is 4. The number of benzene rings is 1. The smallest absolute Gasteiger partial charge is 0.179 e. The van der Waals surface area contributed by atoms with E-state index in [1.165, 1.54) is 6.07 Å². The molecule has 0 saturated carbocycles. The SMILES string of the molecule is CS(=O)(=O)c1cccnc1NC(CCl)c1ccccc1. The van der Waals surface area contributed by atoms with Crippen molar-refractivity contribution in [1.82, 2.24) is 4.98 Å². The quantitative estimate of drug-likeness (QED) is 0.863. The number of alkyl halides is 1. The van der Waals surface area contributed by atoms with Crippen molar-refractivity contribution >= 4 is 27.3 Å². The molecule has 0 aliphatic carbocycles. The second kappa shape index (κ2) is 6.24. The van der Waals surface area contributed by atoms with Gasteiger partial charge in [0, 0.05) is 18.3 Å². The van der Waals surface area contributed by atoms with Gasteiger partial charge in [-0.3, -0.25) is 0 Å². The number of nitrogens with zero attached hydrogens (tertiary/aromatic N) is 1. The number of sulfone groups is 1. The van der Waals surface area contributed by atoms with E-state index < -0.39 is 9.84 Å². The predicted octanol–water partition coefficient (Wildman–Crippen LogP) is 2.88. The topological polar surface area (TPSA) is 59.1 Å². The second-order valence-electron chi connectivity index (χ2n) is 4.38. The van der Waals surface area contributed by atoms with Crippen LogP contribution in [0.25, 0.3) is 0 Å². The fraction of sp³-hybridized carbons (Fsp3) is 0.214. The largest absolute Gasteiger partial charge is 0.361 e. The third-order valence-electron chi connectivity index (χ3n) is 2.84. The molecule has 2 rings (SSSR count). The number of aromatic nitrogens is 1. The van der Waals surface area contributed by atoms with Crippen LogP contribution >= 0.6 is 11.6 Å². The molecule has 0 aliphatic rings. The highest BCUT2D eigenvalue weighted by Crippen LogP contribution is 2.24. The summed E-state index contributed by atoms with van der Waals surface area (Å²) in [6, 6.07) is 12.5. The first kappa shape index (κ1) is 14.8. The summed E-state index contributed by atoms with van der Waals surface area (Å²) in [7, 11) is -3.34. The highest BCUT2D eigenvalue weighted by Gasteiger charge is 2.17. The van der Waals surface area contributed by atoms with Crippen molar-refractivity contribution in [2.75, 3.05) is 17.5 Å². The highest BCUT2D eigenvalue weighted by molar-refractivity contribution is 7.90.